The molecule has 210 valence electrons. The van der Waals surface area contributed by atoms with Gasteiger partial charge in [-0.2, -0.15) is 5.10 Å². The highest BCUT2D eigenvalue weighted by atomic mass is 16.6. The Bertz CT molecular complexity index is 1420. The van der Waals surface area contributed by atoms with Crippen LogP contribution in [0.1, 0.15) is 61.6 Å². The number of carbonyl (C=O) groups excluding carboxylic acids is 2. The summed E-state index contributed by atoms with van der Waals surface area (Å²) in [6.07, 6.45) is 5.40. The van der Waals surface area contributed by atoms with Gasteiger partial charge in [0, 0.05) is 56.3 Å². The van der Waals surface area contributed by atoms with E-state index >= 15 is 0 Å². The maximum absolute atomic E-state index is 12.4. The molecular weight excluding hydrogens is 508 g/mol. The topological polar surface area (TPSA) is 114 Å². The number of imide groups is 1. The van der Waals surface area contributed by atoms with Crippen LogP contribution in [0.4, 0.5) is 11.4 Å². The molecule has 2 aromatic carbocycles. The largest absolute Gasteiger partial charge is 0.372 e. The molecule has 1 atom stereocenters. The van der Waals surface area contributed by atoms with E-state index in [0.29, 0.717) is 24.7 Å². The highest BCUT2D eigenvalue weighted by molar-refractivity contribution is 6.02. The normalized spacial score (nSPS) is 21.6. The van der Waals surface area contributed by atoms with Gasteiger partial charge in [-0.15, -0.1) is 0 Å². The standard InChI is InChI=1S/C30H36N6O4/c1-33-27-18-22(2-7-25(27)29(32-33)26-8-9-28(37)31-30(26)38)21-12-14-34(15-13-21)19-20-10-16-35(17-11-20)23-3-5-24(6-4-23)36(39)40/h2-7,18,20-21,26H,8-17,19H2,1H3,(H,31,37,38). The van der Waals surface area contributed by atoms with Crippen molar-refractivity contribution in [1.29, 1.82) is 0 Å². The van der Waals surface area contributed by atoms with Crippen LogP contribution < -0.4 is 10.2 Å². The third-order valence-corrected chi connectivity index (χ3v) is 9.09. The number of likely N-dealkylation sites (tertiary alicyclic amines) is 1. The Morgan fingerprint density at radius 1 is 0.975 bits per heavy atom. The summed E-state index contributed by atoms with van der Waals surface area (Å²) in [5, 5.41) is 19.1. The molecule has 3 saturated heterocycles. The van der Waals surface area contributed by atoms with Gasteiger partial charge in [0.2, 0.25) is 11.8 Å². The van der Waals surface area contributed by atoms with Gasteiger partial charge in [-0.05, 0) is 80.8 Å². The molecule has 1 aromatic heterocycles. The first-order valence-electron chi connectivity index (χ1n) is 14.4. The van der Waals surface area contributed by atoms with Crippen molar-refractivity contribution in [2.24, 2.45) is 13.0 Å². The van der Waals surface area contributed by atoms with Crippen LogP contribution in [0.5, 0.6) is 0 Å². The fourth-order valence-electron chi connectivity index (χ4n) is 6.74. The zero-order chi connectivity index (χ0) is 27.8. The number of fused-ring (bicyclic) bond motifs is 1. The van der Waals surface area contributed by atoms with Gasteiger partial charge in [0.1, 0.15) is 0 Å². The van der Waals surface area contributed by atoms with E-state index in [1.165, 1.54) is 5.56 Å². The monoisotopic (exact) mass is 544 g/mol. The molecule has 0 radical (unpaired) electrons. The predicted octanol–water partition coefficient (Wildman–Crippen LogP) is 4.10. The molecule has 1 N–H and O–H groups in total. The molecule has 3 aromatic rings. The van der Waals surface area contributed by atoms with Gasteiger partial charge >= 0.3 is 0 Å². The molecular formula is C30H36N6O4. The molecule has 40 heavy (non-hydrogen) atoms. The van der Waals surface area contributed by atoms with Gasteiger partial charge in [0.05, 0.1) is 22.1 Å². The molecule has 0 bridgehead atoms. The third-order valence-electron chi connectivity index (χ3n) is 9.09. The fourth-order valence-corrected chi connectivity index (χ4v) is 6.74. The number of anilines is 1. The maximum Gasteiger partial charge on any atom is 0.269 e. The number of aryl methyl sites for hydroxylation is 1. The second-order valence-electron chi connectivity index (χ2n) is 11.6. The lowest BCUT2D eigenvalue weighted by molar-refractivity contribution is -0.384. The Hall–Kier alpha value is -3.79. The van der Waals surface area contributed by atoms with E-state index in [9.17, 15) is 19.7 Å². The predicted molar refractivity (Wildman–Crippen MR) is 152 cm³/mol. The van der Waals surface area contributed by atoms with Crippen molar-refractivity contribution in [3.8, 4) is 0 Å². The number of amides is 2. The highest BCUT2D eigenvalue weighted by Crippen LogP contribution is 2.35. The lowest BCUT2D eigenvalue weighted by atomic mass is 9.87. The van der Waals surface area contributed by atoms with E-state index in [-0.39, 0.29) is 28.3 Å². The Morgan fingerprint density at radius 3 is 2.38 bits per heavy atom. The van der Waals surface area contributed by atoms with E-state index in [1.54, 1.807) is 12.1 Å². The lowest BCUT2D eigenvalue weighted by Gasteiger charge is -2.38. The molecule has 10 nitrogen and oxygen atoms in total. The number of carbonyl (C=O) groups is 2. The molecule has 1 unspecified atom stereocenters. The number of rotatable bonds is 6. The van der Waals surface area contributed by atoms with Crippen molar-refractivity contribution >= 4 is 34.1 Å². The van der Waals surface area contributed by atoms with Crippen molar-refractivity contribution in [2.45, 2.75) is 50.4 Å². The first kappa shape index (κ1) is 26.4. The number of nitrogens with one attached hydrogen (secondary N) is 1. The average molecular weight is 545 g/mol. The van der Waals surface area contributed by atoms with Crippen molar-refractivity contribution in [3.63, 3.8) is 0 Å². The zero-order valence-electron chi connectivity index (χ0n) is 22.9. The number of nitrogens with zero attached hydrogens (tertiary/aromatic N) is 5. The smallest absolute Gasteiger partial charge is 0.269 e. The molecule has 4 heterocycles. The van der Waals surface area contributed by atoms with E-state index in [0.717, 1.165) is 80.7 Å². The quantitative estimate of drug-likeness (QED) is 0.282. The van der Waals surface area contributed by atoms with E-state index in [4.69, 9.17) is 5.10 Å². The number of hydrogen-bond donors (Lipinski definition) is 1. The number of hydrogen-bond acceptors (Lipinski definition) is 7. The highest BCUT2D eigenvalue weighted by Gasteiger charge is 2.32. The van der Waals surface area contributed by atoms with Gasteiger partial charge in [-0.3, -0.25) is 29.7 Å². The summed E-state index contributed by atoms with van der Waals surface area (Å²) >= 11 is 0. The summed E-state index contributed by atoms with van der Waals surface area (Å²) in [5.74, 6) is 0.366. The second-order valence-corrected chi connectivity index (χ2v) is 11.6. The summed E-state index contributed by atoms with van der Waals surface area (Å²) in [6.45, 7) is 5.31. The summed E-state index contributed by atoms with van der Waals surface area (Å²) in [6, 6.07) is 13.5. The SMILES string of the molecule is Cn1nc(C2CCC(=O)NC2=O)c2ccc(C3CCN(CC4CCN(c5ccc([N+](=O)[O-])cc5)CC4)CC3)cc21. The summed E-state index contributed by atoms with van der Waals surface area (Å²) < 4.78 is 1.87. The van der Waals surface area contributed by atoms with Gasteiger partial charge in [-0.25, -0.2) is 0 Å². The number of non-ortho nitro benzene ring substituents is 1. The first-order chi connectivity index (χ1) is 19.4. The van der Waals surface area contributed by atoms with Crippen LogP contribution in [0, 0.1) is 16.0 Å². The van der Waals surface area contributed by atoms with Gasteiger partial charge in [0.25, 0.3) is 5.69 Å². The lowest BCUT2D eigenvalue weighted by Crippen LogP contribution is -2.41. The number of piperidine rings is 3. The Labute approximate surface area is 233 Å². The summed E-state index contributed by atoms with van der Waals surface area (Å²) in [5.41, 5.74) is 4.35. The minimum atomic E-state index is -0.378. The van der Waals surface area contributed by atoms with Gasteiger partial charge in [-0.1, -0.05) is 12.1 Å². The van der Waals surface area contributed by atoms with Crippen LogP contribution in [0.2, 0.25) is 0 Å². The molecule has 2 amide bonds. The van der Waals surface area contributed by atoms with Crippen LogP contribution in [0.3, 0.4) is 0 Å². The first-order valence-corrected chi connectivity index (χ1v) is 14.4. The number of benzene rings is 2. The van der Waals surface area contributed by atoms with E-state index < -0.39 is 0 Å². The fraction of sp³-hybridized carbons (Fsp3) is 0.500. The molecule has 0 aliphatic carbocycles. The van der Waals surface area contributed by atoms with Crippen molar-refractivity contribution in [3.05, 3.63) is 63.8 Å². The maximum atomic E-state index is 12.4. The average Bonchev–Trinajstić information content (AvgIpc) is 3.29. The molecule has 10 heteroatoms. The minimum Gasteiger partial charge on any atom is -0.372 e. The number of nitro groups is 1. The number of nitro benzene ring substituents is 1. The molecule has 6 rings (SSSR count). The van der Waals surface area contributed by atoms with Crippen molar-refractivity contribution in [2.75, 3.05) is 37.6 Å². The minimum absolute atomic E-state index is 0.138. The molecule has 3 aliphatic rings. The summed E-state index contributed by atoms with van der Waals surface area (Å²) in [4.78, 5) is 39.6. The molecule has 0 saturated carbocycles. The molecule has 0 spiro atoms. The van der Waals surface area contributed by atoms with Crippen LogP contribution in [-0.4, -0.2) is 64.1 Å². The Morgan fingerprint density at radius 2 is 1.70 bits per heavy atom. The zero-order valence-corrected chi connectivity index (χ0v) is 22.9. The van der Waals surface area contributed by atoms with Crippen LogP contribution in [0.15, 0.2) is 42.5 Å². The van der Waals surface area contributed by atoms with Crippen molar-refractivity contribution in [1.82, 2.24) is 20.0 Å². The van der Waals surface area contributed by atoms with Crippen molar-refractivity contribution < 1.29 is 14.5 Å². The summed E-state index contributed by atoms with van der Waals surface area (Å²) in [7, 11) is 1.93. The van der Waals surface area contributed by atoms with Gasteiger partial charge < -0.3 is 9.80 Å². The second kappa shape index (κ2) is 11.0. The Balaban J connectivity index is 1.02. The van der Waals surface area contributed by atoms with E-state index in [2.05, 4.69) is 33.3 Å². The molecule has 3 fully saturated rings. The van der Waals surface area contributed by atoms with E-state index in [1.807, 2.05) is 23.9 Å². The van der Waals surface area contributed by atoms with Crippen LogP contribution >= 0.6 is 0 Å². The third kappa shape index (κ3) is 5.32. The number of aromatic nitrogens is 2. The Kier molecular flexibility index (Phi) is 7.27. The van der Waals surface area contributed by atoms with Crippen LogP contribution in [-0.2, 0) is 16.6 Å². The van der Waals surface area contributed by atoms with Crippen LogP contribution in [0.25, 0.3) is 10.9 Å². The van der Waals surface area contributed by atoms with Gasteiger partial charge in [0.15, 0.2) is 0 Å². The molecule has 3 aliphatic heterocycles.